The highest BCUT2D eigenvalue weighted by atomic mass is 35.5. The minimum atomic E-state index is 0.603. The van der Waals surface area contributed by atoms with Crippen molar-refractivity contribution in [3.63, 3.8) is 0 Å². The van der Waals surface area contributed by atoms with E-state index in [1.54, 1.807) is 0 Å². The molecule has 0 saturated carbocycles. The van der Waals surface area contributed by atoms with Gasteiger partial charge in [0, 0.05) is 12.8 Å². The van der Waals surface area contributed by atoms with Crippen molar-refractivity contribution in [1.29, 1.82) is 0 Å². The molecule has 16 heavy (non-hydrogen) atoms. The van der Waals surface area contributed by atoms with Gasteiger partial charge in [0.2, 0.25) is 0 Å². The third-order valence-corrected chi connectivity index (χ3v) is 2.70. The fraction of sp³-hybridized carbons (Fsp3) is 0.385. The summed E-state index contributed by atoms with van der Waals surface area (Å²) in [4.78, 5) is 0. The molecule has 0 amide bonds. The molecule has 0 unspecified atom stereocenters. The summed E-state index contributed by atoms with van der Waals surface area (Å²) in [5, 5.41) is 0.603. The molecule has 1 heterocycles. The standard InChI is InChI=1S/C13H13ClO2/c1-2-3-5-10-8-11(14)13-12(9-10)15-6-4-7-16-13/h1,8-9H,3-7H2. The molecule has 2 rings (SSSR count). The van der Waals surface area contributed by atoms with E-state index in [4.69, 9.17) is 27.5 Å². The van der Waals surface area contributed by atoms with E-state index in [2.05, 4.69) is 5.92 Å². The first-order valence-electron chi connectivity index (χ1n) is 5.33. The largest absolute Gasteiger partial charge is 0.489 e. The van der Waals surface area contributed by atoms with Crippen LogP contribution >= 0.6 is 11.6 Å². The topological polar surface area (TPSA) is 18.5 Å². The molecule has 84 valence electrons. The van der Waals surface area contributed by atoms with E-state index in [0.717, 1.165) is 24.2 Å². The SMILES string of the molecule is C#CCCc1cc(Cl)c2c(c1)OCCCO2. The van der Waals surface area contributed by atoms with Crippen LogP contribution in [0.25, 0.3) is 0 Å². The van der Waals surface area contributed by atoms with E-state index >= 15 is 0 Å². The Morgan fingerprint density at radius 2 is 2.12 bits per heavy atom. The Morgan fingerprint density at radius 1 is 1.31 bits per heavy atom. The van der Waals surface area contributed by atoms with E-state index in [1.165, 1.54) is 0 Å². The first kappa shape index (κ1) is 11.2. The summed E-state index contributed by atoms with van der Waals surface area (Å²) in [5.74, 6) is 4.00. The summed E-state index contributed by atoms with van der Waals surface area (Å²) in [7, 11) is 0. The van der Waals surface area contributed by atoms with Gasteiger partial charge in [0.05, 0.1) is 18.2 Å². The van der Waals surface area contributed by atoms with Crippen LogP contribution in [0.15, 0.2) is 12.1 Å². The summed E-state index contributed by atoms with van der Waals surface area (Å²) in [6.07, 6.45) is 7.63. The highest BCUT2D eigenvalue weighted by molar-refractivity contribution is 6.32. The van der Waals surface area contributed by atoms with Gasteiger partial charge in [-0.15, -0.1) is 12.3 Å². The number of fused-ring (bicyclic) bond motifs is 1. The number of halogens is 1. The van der Waals surface area contributed by atoms with Crippen molar-refractivity contribution in [3.8, 4) is 23.8 Å². The Labute approximate surface area is 101 Å². The summed E-state index contributed by atoms with van der Waals surface area (Å²) in [5.41, 5.74) is 1.09. The number of aryl methyl sites for hydroxylation is 1. The van der Waals surface area contributed by atoms with Gasteiger partial charge in [0.1, 0.15) is 0 Å². The predicted octanol–water partition coefficient (Wildman–Crippen LogP) is 3.07. The molecule has 0 saturated heterocycles. The van der Waals surface area contributed by atoms with Crippen LogP contribution in [-0.4, -0.2) is 13.2 Å². The average Bonchev–Trinajstić information content (AvgIpc) is 2.51. The van der Waals surface area contributed by atoms with Gasteiger partial charge in [0.25, 0.3) is 0 Å². The number of hydrogen-bond donors (Lipinski definition) is 0. The summed E-state index contributed by atoms with van der Waals surface area (Å²) < 4.78 is 11.1. The monoisotopic (exact) mass is 236 g/mol. The van der Waals surface area contributed by atoms with Gasteiger partial charge < -0.3 is 9.47 Å². The Balaban J connectivity index is 2.29. The maximum absolute atomic E-state index is 6.14. The lowest BCUT2D eigenvalue weighted by Crippen LogP contribution is -1.97. The molecular weight excluding hydrogens is 224 g/mol. The minimum absolute atomic E-state index is 0.603. The lowest BCUT2D eigenvalue weighted by atomic mass is 10.1. The summed E-state index contributed by atoms with van der Waals surface area (Å²) >= 11 is 6.14. The molecule has 0 aliphatic carbocycles. The number of benzene rings is 1. The van der Waals surface area contributed by atoms with Gasteiger partial charge in [-0.25, -0.2) is 0 Å². The van der Waals surface area contributed by atoms with Crippen LogP contribution in [0, 0.1) is 12.3 Å². The predicted molar refractivity (Wildman–Crippen MR) is 64.2 cm³/mol. The van der Waals surface area contributed by atoms with Crippen molar-refractivity contribution in [3.05, 3.63) is 22.7 Å². The number of rotatable bonds is 2. The van der Waals surface area contributed by atoms with E-state index in [0.29, 0.717) is 30.4 Å². The van der Waals surface area contributed by atoms with Crippen LogP contribution in [0.4, 0.5) is 0 Å². The molecule has 0 N–H and O–H groups in total. The normalized spacial score (nSPS) is 14.0. The second-order valence-electron chi connectivity index (χ2n) is 3.66. The zero-order valence-corrected chi connectivity index (χ0v) is 9.72. The van der Waals surface area contributed by atoms with Gasteiger partial charge in [-0.1, -0.05) is 11.6 Å². The first-order valence-corrected chi connectivity index (χ1v) is 5.70. The second kappa shape index (κ2) is 5.14. The zero-order chi connectivity index (χ0) is 11.4. The van der Waals surface area contributed by atoms with Gasteiger partial charge in [-0.2, -0.15) is 0 Å². The number of hydrogen-bond acceptors (Lipinski definition) is 2. The van der Waals surface area contributed by atoms with Crippen molar-refractivity contribution >= 4 is 11.6 Å². The fourth-order valence-corrected chi connectivity index (χ4v) is 1.93. The molecule has 3 heteroatoms. The number of ether oxygens (including phenoxy) is 2. The Bertz CT molecular complexity index is 421. The Hall–Kier alpha value is -1.33. The van der Waals surface area contributed by atoms with Crippen molar-refractivity contribution < 1.29 is 9.47 Å². The minimum Gasteiger partial charge on any atom is -0.489 e. The van der Waals surface area contributed by atoms with E-state index in [-0.39, 0.29) is 0 Å². The van der Waals surface area contributed by atoms with Crippen LogP contribution in [0.3, 0.4) is 0 Å². The van der Waals surface area contributed by atoms with Gasteiger partial charge in [0.15, 0.2) is 11.5 Å². The van der Waals surface area contributed by atoms with Crippen LogP contribution in [-0.2, 0) is 6.42 Å². The second-order valence-corrected chi connectivity index (χ2v) is 4.07. The lowest BCUT2D eigenvalue weighted by molar-refractivity contribution is 0.297. The third-order valence-electron chi connectivity index (χ3n) is 2.42. The van der Waals surface area contributed by atoms with Crippen LogP contribution in [0.5, 0.6) is 11.5 Å². The number of terminal acetylenes is 1. The third kappa shape index (κ3) is 2.43. The van der Waals surface area contributed by atoms with Gasteiger partial charge in [-0.05, 0) is 24.1 Å². The molecule has 0 atom stereocenters. The smallest absolute Gasteiger partial charge is 0.179 e. The van der Waals surface area contributed by atoms with Crippen molar-refractivity contribution in [1.82, 2.24) is 0 Å². The van der Waals surface area contributed by atoms with Gasteiger partial charge in [-0.3, -0.25) is 0 Å². The molecule has 0 aromatic heterocycles. The summed E-state index contributed by atoms with van der Waals surface area (Å²) in [6.45, 7) is 1.32. The van der Waals surface area contributed by atoms with E-state index in [1.807, 2.05) is 12.1 Å². The van der Waals surface area contributed by atoms with Crippen molar-refractivity contribution in [2.24, 2.45) is 0 Å². The van der Waals surface area contributed by atoms with Crippen molar-refractivity contribution in [2.75, 3.05) is 13.2 Å². The molecule has 1 aliphatic heterocycles. The highest BCUT2D eigenvalue weighted by Crippen LogP contribution is 2.38. The molecule has 0 spiro atoms. The van der Waals surface area contributed by atoms with E-state index in [9.17, 15) is 0 Å². The lowest BCUT2D eigenvalue weighted by Gasteiger charge is -2.10. The average molecular weight is 237 g/mol. The molecule has 0 bridgehead atoms. The molecule has 1 aromatic carbocycles. The maximum atomic E-state index is 6.14. The Morgan fingerprint density at radius 3 is 2.94 bits per heavy atom. The van der Waals surface area contributed by atoms with Crippen LogP contribution < -0.4 is 9.47 Å². The van der Waals surface area contributed by atoms with Crippen LogP contribution in [0.2, 0.25) is 5.02 Å². The molecule has 0 fully saturated rings. The van der Waals surface area contributed by atoms with Gasteiger partial charge >= 0.3 is 0 Å². The molecule has 2 nitrogen and oxygen atoms in total. The summed E-state index contributed by atoms with van der Waals surface area (Å²) in [6, 6.07) is 3.86. The molecule has 0 radical (unpaired) electrons. The first-order chi connectivity index (χ1) is 7.81. The molecule has 1 aliphatic rings. The zero-order valence-electron chi connectivity index (χ0n) is 8.96. The molecular formula is C13H13ClO2. The fourth-order valence-electron chi connectivity index (χ4n) is 1.65. The van der Waals surface area contributed by atoms with E-state index < -0.39 is 0 Å². The quantitative estimate of drug-likeness (QED) is 0.735. The molecule has 1 aromatic rings. The Kier molecular flexibility index (Phi) is 3.58. The van der Waals surface area contributed by atoms with Crippen LogP contribution in [0.1, 0.15) is 18.4 Å². The van der Waals surface area contributed by atoms with Crippen molar-refractivity contribution in [2.45, 2.75) is 19.3 Å². The maximum Gasteiger partial charge on any atom is 0.179 e. The highest BCUT2D eigenvalue weighted by Gasteiger charge is 2.15.